The molecule has 1 aliphatic rings. The molecule has 0 aromatic carbocycles. The van der Waals surface area contributed by atoms with Gasteiger partial charge in [0.25, 0.3) is 0 Å². The number of aliphatic hydroxyl groups is 1. The fourth-order valence-corrected chi connectivity index (χ4v) is 1.93. The standard InChI is InChI=1S/C11H22N4O/c1-13-5-7-15(8-6-13)10-11(16)9-14(2)4-3-12/h11,16H,4-10H2,1-2H3. The Labute approximate surface area is 97.8 Å². The molecule has 16 heavy (non-hydrogen) atoms. The van der Waals surface area contributed by atoms with Gasteiger partial charge in [0.1, 0.15) is 0 Å². The second-order valence-corrected chi connectivity index (χ2v) is 4.61. The van der Waals surface area contributed by atoms with E-state index >= 15 is 0 Å². The first-order valence-electron chi connectivity index (χ1n) is 5.76. The van der Waals surface area contributed by atoms with Crippen molar-refractivity contribution in [3.8, 4) is 6.07 Å². The summed E-state index contributed by atoms with van der Waals surface area (Å²) >= 11 is 0. The van der Waals surface area contributed by atoms with Gasteiger partial charge in [0.15, 0.2) is 0 Å². The molecule has 0 bridgehead atoms. The van der Waals surface area contributed by atoms with Crippen LogP contribution in [0.5, 0.6) is 0 Å². The molecule has 1 unspecified atom stereocenters. The minimum absolute atomic E-state index is 0.359. The third-order valence-electron chi connectivity index (χ3n) is 2.93. The van der Waals surface area contributed by atoms with E-state index in [1.165, 1.54) is 0 Å². The fourth-order valence-electron chi connectivity index (χ4n) is 1.93. The predicted octanol–water partition coefficient (Wildman–Crippen LogP) is -0.950. The molecule has 5 heteroatoms. The molecule has 1 fully saturated rings. The van der Waals surface area contributed by atoms with Crippen molar-refractivity contribution in [3.63, 3.8) is 0 Å². The summed E-state index contributed by atoms with van der Waals surface area (Å²) in [5.74, 6) is 0. The van der Waals surface area contributed by atoms with Gasteiger partial charge in [-0.25, -0.2) is 0 Å². The van der Waals surface area contributed by atoms with Gasteiger partial charge in [0.2, 0.25) is 0 Å². The summed E-state index contributed by atoms with van der Waals surface area (Å²) < 4.78 is 0. The van der Waals surface area contributed by atoms with Crippen LogP contribution in [-0.4, -0.2) is 85.8 Å². The minimum atomic E-state index is -0.359. The highest BCUT2D eigenvalue weighted by molar-refractivity contribution is 4.78. The molecule has 0 spiro atoms. The van der Waals surface area contributed by atoms with Gasteiger partial charge in [-0.2, -0.15) is 5.26 Å². The summed E-state index contributed by atoms with van der Waals surface area (Å²) in [5, 5.41) is 18.4. The Morgan fingerprint density at radius 3 is 2.56 bits per heavy atom. The molecular weight excluding hydrogens is 204 g/mol. The maximum absolute atomic E-state index is 9.86. The van der Waals surface area contributed by atoms with Crippen LogP contribution in [0.2, 0.25) is 0 Å². The monoisotopic (exact) mass is 226 g/mol. The lowest BCUT2D eigenvalue weighted by molar-refractivity contribution is 0.0631. The summed E-state index contributed by atoms with van der Waals surface area (Å²) in [6.07, 6.45) is -0.359. The molecular formula is C11H22N4O. The van der Waals surface area contributed by atoms with Crippen molar-refractivity contribution in [2.24, 2.45) is 0 Å². The zero-order valence-corrected chi connectivity index (χ0v) is 10.3. The van der Waals surface area contributed by atoms with Gasteiger partial charge in [-0.15, -0.1) is 0 Å². The molecule has 0 amide bonds. The summed E-state index contributed by atoms with van der Waals surface area (Å²) in [6.45, 7) is 5.84. The maximum Gasteiger partial charge on any atom is 0.0864 e. The molecule has 1 atom stereocenters. The highest BCUT2D eigenvalue weighted by atomic mass is 16.3. The van der Waals surface area contributed by atoms with E-state index in [9.17, 15) is 5.11 Å². The van der Waals surface area contributed by atoms with Gasteiger partial charge in [-0.1, -0.05) is 0 Å². The van der Waals surface area contributed by atoms with Crippen LogP contribution in [0.25, 0.3) is 0 Å². The molecule has 1 N–H and O–H groups in total. The number of hydrogen-bond acceptors (Lipinski definition) is 5. The third-order valence-corrected chi connectivity index (χ3v) is 2.93. The number of nitriles is 1. The van der Waals surface area contributed by atoms with Gasteiger partial charge in [0.05, 0.1) is 18.7 Å². The number of aliphatic hydroxyl groups excluding tert-OH is 1. The van der Waals surface area contributed by atoms with Crippen LogP contribution in [0.15, 0.2) is 0 Å². The first-order valence-corrected chi connectivity index (χ1v) is 5.76. The van der Waals surface area contributed by atoms with Gasteiger partial charge >= 0.3 is 0 Å². The summed E-state index contributed by atoms with van der Waals surface area (Å²) in [7, 11) is 3.98. The summed E-state index contributed by atoms with van der Waals surface area (Å²) in [5.41, 5.74) is 0. The highest BCUT2D eigenvalue weighted by Gasteiger charge is 2.17. The lowest BCUT2D eigenvalue weighted by Crippen LogP contribution is -2.48. The molecule has 92 valence electrons. The van der Waals surface area contributed by atoms with Crippen molar-refractivity contribution >= 4 is 0 Å². The summed E-state index contributed by atoms with van der Waals surface area (Å²) in [6, 6.07) is 2.08. The van der Waals surface area contributed by atoms with E-state index in [2.05, 4.69) is 22.9 Å². The third kappa shape index (κ3) is 4.90. The molecule has 1 aliphatic heterocycles. The zero-order valence-electron chi connectivity index (χ0n) is 10.3. The van der Waals surface area contributed by atoms with Crippen molar-refractivity contribution in [3.05, 3.63) is 0 Å². The quantitative estimate of drug-likeness (QED) is 0.613. The van der Waals surface area contributed by atoms with Crippen molar-refractivity contribution in [2.45, 2.75) is 6.10 Å². The Balaban J connectivity index is 2.19. The largest absolute Gasteiger partial charge is 0.390 e. The van der Waals surface area contributed by atoms with E-state index in [4.69, 9.17) is 5.26 Å². The van der Waals surface area contributed by atoms with Crippen molar-refractivity contribution in [1.29, 1.82) is 5.26 Å². The average Bonchev–Trinajstić information content (AvgIpc) is 2.21. The number of piperazine rings is 1. The molecule has 0 radical (unpaired) electrons. The van der Waals surface area contributed by atoms with E-state index < -0.39 is 0 Å². The normalized spacial score (nSPS) is 20.9. The van der Waals surface area contributed by atoms with Crippen molar-refractivity contribution in [2.75, 3.05) is 59.9 Å². The lowest BCUT2D eigenvalue weighted by Gasteiger charge is -2.34. The van der Waals surface area contributed by atoms with Crippen LogP contribution >= 0.6 is 0 Å². The summed E-state index contributed by atoms with van der Waals surface area (Å²) in [4.78, 5) is 6.43. The number of hydrogen-bond donors (Lipinski definition) is 1. The van der Waals surface area contributed by atoms with Crippen molar-refractivity contribution in [1.82, 2.24) is 14.7 Å². The molecule has 1 rings (SSSR count). The average molecular weight is 226 g/mol. The van der Waals surface area contributed by atoms with Crippen LogP contribution in [0.4, 0.5) is 0 Å². The SMILES string of the molecule is CN1CCN(CC(O)CN(C)CC#N)CC1. The van der Waals surface area contributed by atoms with Gasteiger partial charge in [0, 0.05) is 39.3 Å². The number of β-amino-alcohol motifs (C(OH)–C–C–N with tert-alkyl or cyclic N) is 1. The highest BCUT2D eigenvalue weighted by Crippen LogP contribution is 2.01. The second-order valence-electron chi connectivity index (χ2n) is 4.61. The first kappa shape index (κ1) is 13.4. The smallest absolute Gasteiger partial charge is 0.0864 e. The predicted molar refractivity (Wildman–Crippen MR) is 63.1 cm³/mol. The lowest BCUT2D eigenvalue weighted by atomic mass is 10.2. The first-order chi connectivity index (χ1) is 7.61. The number of likely N-dealkylation sites (N-methyl/N-ethyl adjacent to an activating group) is 2. The van der Waals surface area contributed by atoms with E-state index in [0.29, 0.717) is 19.6 Å². The molecule has 1 heterocycles. The number of nitrogens with zero attached hydrogens (tertiary/aromatic N) is 4. The van der Waals surface area contributed by atoms with Crippen LogP contribution in [-0.2, 0) is 0 Å². The van der Waals surface area contributed by atoms with Crippen LogP contribution < -0.4 is 0 Å². The Hall–Kier alpha value is -0.670. The second kappa shape index (κ2) is 6.81. The van der Waals surface area contributed by atoms with Crippen molar-refractivity contribution < 1.29 is 5.11 Å². The van der Waals surface area contributed by atoms with E-state index in [1.807, 2.05) is 11.9 Å². The topological polar surface area (TPSA) is 53.7 Å². The van der Waals surface area contributed by atoms with Gasteiger partial charge in [-0.05, 0) is 14.1 Å². The molecule has 0 aliphatic carbocycles. The molecule has 5 nitrogen and oxygen atoms in total. The van der Waals surface area contributed by atoms with E-state index in [-0.39, 0.29) is 6.10 Å². The van der Waals surface area contributed by atoms with Gasteiger partial charge < -0.3 is 10.0 Å². The molecule has 0 aromatic rings. The Morgan fingerprint density at radius 2 is 2.00 bits per heavy atom. The molecule has 0 aromatic heterocycles. The van der Waals surface area contributed by atoms with Crippen LogP contribution in [0.1, 0.15) is 0 Å². The van der Waals surface area contributed by atoms with E-state index in [1.54, 1.807) is 0 Å². The Kier molecular flexibility index (Phi) is 5.71. The fraction of sp³-hybridized carbons (Fsp3) is 0.909. The molecule has 1 saturated heterocycles. The Bertz CT molecular complexity index is 233. The number of rotatable bonds is 5. The van der Waals surface area contributed by atoms with Crippen LogP contribution in [0, 0.1) is 11.3 Å². The zero-order chi connectivity index (χ0) is 12.0. The maximum atomic E-state index is 9.86. The Morgan fingerprint density at radius 1 is 1.38 bits per heavy atom. The van der Waals surface area contributed by atoms with Gasteiger partial charge in [-0.3, -0.25) is 9.80 Å². The van der Waals surface area contributed by atoms with E-state index in [0.717, 1.165) is 26.2 Å². The minimum Gasteiger partial charge on any atom is -0.390 e. The molecule has 0 saturated carbocycles. The van der Waals surface area contributed by atoms with Crippen LogP contribution in [0.3, 0.4) is 0 Å².